The number of nitrogens with zero attached hydrogens (tertiary/aromatic N) is 3. The second-order valence-electron chi connectivity index (χ2n) is 8.69. The maximum atomic E-state index is 13.1. The number of likely N-dealkylation sites (tertiary alicyclic amines) is 1. The Morgan fingerprint density at radius 2 is 1.87 bits per heavy atom. The van der Waals surface area contributed by atoms with E-state index in [4.69, 9.17) is 4.74 Å². The Labute approximate surface area is 184 Å². The first-order chi connectivity index (χ1) is 14.8. The Bertz CT molecular complexity index is 1070. The highest BCUT2D eigenvalue weighted by Gasteiger charge is 2.27. The molecule has 7 nitrogen and oxygen atoms in total. The summed E-state index contributed by atoms with van der Waals surface area (Å²) >= 11 is 0. The minimum atomic E-state index is -3.58. The molecule has 0 spiro atoms. The lowest BCUT2D eigenvalue weighted by molar-refractivity contribution is 0.0730. The van der Waals surface area contributed by atoms with Gasteiger partial charge in [0.25, 0.3) is 0 Å². The van der Waals surface area contributed by atoms with Gasteiger partial charge in [-0.15, -0.1) is 0 Å². The van der Waals surface area contributed by atoms with Crippen LogP contribution in [0.15, 0.2) is 35.2 Å². The summed E-state index contributed by atoms with van der Waals surface area (Å²) in [5, 5.41) is 0. The third kappa shape index (κ3) is 4.48. The molecule has 1 atom stereocenters. The van der Waals surface area contributed by atoms with E-state index in [0.29, 0.717) is 44.3 Å². The summed E-state index contributed by atoms with van der Waals surface area (Å²) in [4.78, 5) is 15.5. The van der Waals surface area contributed by atoms with Gasteiger partial charge in [-0.05, 0) is 57.0 Å². The van der Waals surface area contributed by atoms with Gasteiger partial charge in [-0.3, -0.25) is 9.69 Å². The molecule has 2 aromatic rings. The van der Waals surface area contributed by atoms with Crippen LogP contribution in [0.25, 0.3) is 5.69 Å². The molecule has 0 amide bonds. The van der Waals surface area contributed by atoms with Gasteiger partial charge in [-0.25, -0.2) is 8.42 Å². The molecule has 8 heteroatoms. The number of carbonyl (C=O) groups is 1. The maximum Gasteiger partial charge on any atom is 0.243 e. The van der Waals surface area contributed by atoms with Gasteiger partial charge in [0, 0.05) is 42.3 Å². The molecule has 0 bridgehead atoms. The van der Waals surface area contributed by atoms with E-state index < -0.39 is 10.0 Å². The van der Waals surface area contributed by atoms with Gasteiger partial charge in [0.05, 0.1) is 24.7 Å². The molecular formula is C23H31N3O4S. The number of hydrogen-bond donors (Lipinski definition) is 0. The first kappa shape index (κ1) is 22.2. The van der Waals surface area contributed by atoms with Crippen LogP contribution in [0.2, 0.25) is 0 Å². The number of aromatic nitrogens is 1. The zero-order chi connectivity index (χ0) is 22.2. The summed E-state index contributed by atoms with van der Waals surface area (Å²) < 4.78 is 34.9. The molecule has 2 fully saturated rings. The highest BCUT2D eigenvalue weighted by atomic mass is 32.2. The molecule has 2 aliphatic heterocycles. The number of carbonyl (C=O) groups excluding carboxylic acids is 1. The number of sulfonamides is 1. The minimum absolute atomic E-state index is 0.116. The van der Waals surface area contributed by atoms with Crippen LogP contribution in [-0.2, 0) is 14.8 Å². The van der Waals surface area contributed by atoms with Crippen molar-refractivity contribution >= 4 is 15.8 Å². The molecule has 1 aromatic carbocycles. The first-order valence-electron chi connectivity index (χ1n) is 10.9. The summed E-state index contributed by atoms with van der Waals surface area (Å²) in [6.07, 6.45) is 1.14. The Balaban J connectivity index is 1.61. The van der Waals surface area contributed by atoms with Gasteiger partial charge in [0.15, 0.2) is 5.78 Å². The van der Waals surface area contributed by atoms with Gasteiger partial charge in [0.2, 0.25) is 10.0 Å². The highest BCUT2D eigenvalue weighted by Crippen LogP contribution is 2.25. The Morgan fingerprint density at radius 1 is 1.13 bits per heavy atom. The van der Waals surface area contributed by atoms with Crippen molar-refractivity contribution in [2.75, 3.05) is 45.9 Å². The Morgan fingerprint density at radius 3 is 2.55 bits per heavy atom. The van der Waals surface area contributed by atoms with Crippen LogP contribution in [0, 0.1) is 19.8 Å². The van der Waals surface area contributed by atoms with E-state index >= 15 is 0 Å². The number of benzene rings is 1. The number of ketones is 1. The summed E-state index contributed by atoms with van der Waals surface area (Å²) in [6.45, 7) is 10.0. The van der Waals surface area contributed by atoms with Crippen LogP contribution < -0.4 is 0 Å². The summed E-state index contributed by atoms with van der Waals surface area (Å²) in [7, 11) is -3.58. The van der Waals surface area contributed by atoms with Gasteiger partial charge in [0.1, 0.15) is 0 Å². The standard InChI is InChI=1S/C23H31N3O4S/c1-17-7-8-24(15-17)16-23(27)22-13-18(2)26(19(22)3)20-5-4-6-21(14-20)31(28,29)25-9-11-30-12-10-25/h4-6,13-14,17H,7-12,15-16H2,1-3H3. The average molecular weight is 446 g/mol. The van der Waals surface area contributed by atoms with Crippen LogP contribution in [0.5, 0.6) is 0 Å². The summed E-state index contributed by atoms with van der Waals surface area (Å²) in [6, 6.07) is 8.88. The molecule has 168 valence electrons. The molecule has 0 saturated carbocycles. The lowest BCUT2D eigenvalue weighted by atomic mass is 10.1. The molecule has 2 saturated heterocycles. The molecule has 0 radical (unpaired) electrons. The molecular weight excluding hydrogens is 414 g/mol. The minimum Gasteiger partial charge on any atom is -0.379 e. The van der Waals surface area contributed by atoms with Gasteiger partial charge >= 0.3 is 0 Å². The number of ether oxygens (including phenoxy) is 1. The first-order valence-corrected chi connectivity index (χ1v) is 12.3. The van der Waals surface area contributed by atoms with Gasteiger partial charge in [-0.2, -0.15) is 4.31 Å². The number of hydrogen-bond acceptors (Lipinski definition) is 5. The second-order valence-corrected chi connectivity index (χ2v) is 10.6. The normalized spacial score (nSPS) is 20.9. The third-order valence-corrected chi connectivity index (χ3v) is 8.19. The summed E-state index contributed by atoms with van der Waals surface area (Å²) in [5.74, 6) is 0.752. The largest absolute Gasteiger partial charge is 0.379 e. The van der Waals surface area contributed by atoms with Crippen molar-refractivity contribution in [3.05, 3.63) is 47.3 Å². The lowest BCUT2D eigenvalue weighted by Gasteiger charge is -2.26. The predicted molar refractivity (Wildman–Crippen MR) is 119 cm³/mol. The fourth-order valence-electron chi connectivity index (χ4n) is 4.62. The Hall–Kier alpha value is -2.00. The van der Waals surface area contributed by atoms with Crippen LogP contribution in [-0.4, -0.2) is 73.9 Å². The van der Waals surface area contributed by atoms with E-state index in [0.717, 1.165) is 36.6 Å². The maximum absolute atomic E-state index is 13.1. The fraction of sp³-hybridized carbons (Fsp3) is 0.522. The molecule has 2 aliphatic rings. The molecule has 4 rings (SSSR count). The van der Waals surface area contributed by atoms with Crippen molar-refractivity contribution in [3.8, 4) is 5.69 Å². The van der Waals surface area contributed by atoms with Gasteiger partial charge < -0.3 is 9.30 Å². The van der Waals surface area contributed by atoms with Crippen molar-refractivity contribution in [2.45, 2.75) is 32.1 Å². The van der Waals surface area contributed by atoms with E-state index in [1.807, 2.05) is 30.5 Å². The van der Waals surface area contributed by atoms with Crippen molar-refractivity contribution in [2.24, 2.45) is 5.92 Å². The van der Waals surface area contributed by atoms with Crippen LogP contribution in [0.1, 0.15) is 35.1 Å². The number of rotatable bonds is 6. The third-order valence-electron chi connectivity index (χ3n) is 6.29. The second kappa shape index (κ2) is 8.86. The molecule has 1 unspecified atom stereocenters. The van der Waals surface area contributed by atoms with E-state index in [2.05, 4.69) is 11.8 Å². The van der Waals surface area contributed by atoms with Crippen LogP contribution in [0.3, 0.4) is 0 Å². The van der Waals surface area contributed by atoms with Crippen molar-refractivity contribution in [1.29, 1.82) is 0 Å². The van der Waals surface area contributed by atoms with Crippen LogP contribution in [0.4, 0.5) is 0 Å². The number of Topliss-reactive ketones (excluding diaryl/α,β-unsaturated/α-hetero) is 1. The monoisotopic (exact) mass is 445 g/mol. The summed E-state index contributed by atoms with van der Waals surface area (Å²) in [5.41, 5.74) is 3.21. The number of morpholine rings is 1. The van der Waals surface area contributed by atoms with Gasteiger partial charge in [-0.1, -0.05) is 13.0 Å². The van der Waals surface area contributed by atoms with E-state index in [-0.39, 0.29) is 10.7 Å². The number of aryl methyl sites for hydroxylation is 1. The average Bonchev–Trinajstić information content (AvgIpc) is 3.30. The van der Waals surface area contributed by atoms with Crippen LogP contribution >= 0.6 is 0 Å². The predicted octanol–water partition coefficient (Wildman–Crippen LogP) is 2.64. The van der Waals surface area contributed by atoms with E-state index in [1.54, 1.807) is 18.2 Å². The SMILES string of the molecule is Cc1cc(C(=O)CN2CCC(C)C2)c(C)n1-c1cccc(S(=O)(=O)N2CCOCC2)c1. The smallest absolute Gasteiger partial charge is 0.243 e. The zero-order valence-corrected chi connectivity index (χ0v) is 19.3. The topological polar surface area (TPSA) is 71.9 Å². The quantitative estimate of drug-likeness (QED) is 0.640. The van der Waals surface area contributed by atoms with Crippen molar-refractivity contribution in [1.82, 2.24) is 13.8 Å². The zero-order valence-electron chi connectivity index (χ0n) is 18.5. The van der Waals surface area contributed by atoms with Crippen molar-refractivity contribution in [3.63, 3.8) is 0 Å². The Kier molecular flexibility index (Phi) is 6.35. The molecule has 1 aromatic heterocycles. The lowest BCUT2D eigenvalue weighted by Crippen LogP contribution is -2.40. The van der Waals surface area contributed by atoms with E-state index in [1.165, 1.54) is 4.31 Å². The van der Waals surface area contributed by atoms with Crippen molar-refractivity contribution < 1.29 is 17.9 Å². The molecule has 31 heavy (non-hydrogen) atoms. The molecule has 0 N–H and O–H groups in total. The van der Waals surface area contributed by atoms with E-state index in [9.17, 15) is 13.2 Å². The molecule has 3 heterocycles. The fourth-order valence-corrected chi connectivity index (χ4v) is 6.07. The highest BCUT2D eigenvalue weighted by molar-refractivity contribution is 7.89. The molecule has 0 aliphatic carbocycles.